The molecule has 1 amide bonds. The summed E-state index contributed by atoms with van der Waals surface area (Å²) in [5, 5.41) is 10.8. The molecule has 176 valence electrons. The first-order valence-electron chi connectivity index (χ1n) is 11.9. The van der Waals surface area contributed by atoms with E-state index >= 15 is 0 Å². The molecule has 1 unspecified atom stereocenters. The van der Waals surface area contributed by atoms with E-state index in [4.69, 9.17) is 0 Å². The van der Waals surface area contributed by atoms with Crippen LogP contribution in [0, 0.1) is 6.92 Å². The molecule has 0 spiro atoms. The molecule has 0 saturated carbocycles. The number of hydrogen-bond donors (Lipinski definition) is 1. The summed E-state index contributed by atoms with van der Waals surface area (Å²) in [6.45, 7) is 2.80. The molecule has 1 heterocycles. The molecule has 1 aliphatic rings. The number of amides is 1. The van der Waals surface area contributed by atoms with Crippen LogP contribution in [0.25, 0.3) is 11.1 Å². The van der Waals surface area contributed by atoms with Crippen molar-refractivity contribution in [3.8, 4) is 11.1 Å². The lowest BCUT2D eigenvalue weighted by Gasteiger charge is -2.22. The molecular formula is C28H35NO4. The van der Waals surface area contributed by atoms with Crippen LogP contribution in [0.1, 0.15) is 62.2 Å². The maximum atomic E-state index is 12.3. The molecule has 0 bridgehead atoms. The van der Waals surface area contributed by atoms with E-state index in [1.165, 1.54) is 12.7 Å². The molecule has 1 fully saturated rings. The number of carbonyl (C=O) groups excluding carboxylic acids is 2. The van der Waals surface area contributed by atoms with E-state index in [0.29, 0.717) is 19.4 Å². The summed E-state index contributed by atoms with van der Waals surface area (Å²) in [5.41, 5.74) is 4.29. The SMILES string of the molecule is COC(=O)CCCCCCN1C(=O)CC[C@@H]1C=CC(O)c1cccc(-c2ccccc2C)c1. The van der Waals surface area contributed by atoms with Crippen LogP contribution in [-0.4, -0.2) is 41.6 Å². The van der Waals surface area contributed by atoms with E-state index in [-0.39, 0.29) is 17.9 Å². The number of aliphatic hydroxyl groups is 1. The predicted molar refractivity (Wildman–Crippen MR) is 131 cm³/mol. The molecule has 5 heteroatoms. The molecule has 0 radical (unpaired) electrons. The Morgan fingerprint density at radius 3 is 2.73 bits per heavy atom. The van der Waals surface area contributed by atoms with E-state index in [9.17, 15) is 14.7 Å². The number of ether oxygens (including phenoxy) is 1. The first-order valence-corrected chi connectivity index (χ1v) is 11.9. The Bertz CT molecular complexity index is 968. The van der Waals surface area contributed by atoms with Crippen molar-refractivity contribution in [3.63, 3.8) is 0 Å². The highest BCUT2D eigenvalue weighted by atomic mass is 16.5. The third-order valence-electron chi connectivity index (χ3n) is 6.33. The van der Waals surface area contributed by atoms with E-state index in [0.717, 1.165) is 48.8 Å². The Labute approximate surface area is 197 Å². The zero-order valence-electron chi connectivity index (χ0n) is 19.7. The van der Waals surface area contributed by atoms with Gasteiger partial charge in [0, 0.05) is 19.4 Å². The molecule has 33 heavy (non-hydrogen) atoms. The molecule has 1 aliphatic heterocycles. The second-order valence-electron chi connectivity index (χ2n) is 8.70. The summed E-state index contributed by atoms with van der Waals surface area (Å²) in [5.74, 6) is 0.00756. The van der Waals surface area contributed by atoms with Crippen LogP contribution in [0.15, 0.2) is 60.7 Å². The number of benzene rings is 2. The molecule has 2 aromatic rings. The van der Waals surface area contributed by atoms with E-state index in [1.54, 1.807) is 0 Å². The van der Waals surface area contributed by atoms with Crippen molar-refractivity contribution in [1.29, 1.82) is 0 Å². The summed E-state index contributed by atoms with van der Waals surface area (Å²) in [7, 11) is 1.41. The summed E-state index contributed by atoms with van der Waals surface area (Å²) in [4.78, 5) is 25.4. The number of likely N-dealkylation sites (tertiary alicyclic amines) is 1. The van der Waals surface area contributed by atoms with Gasteiger partial charge in [-0.1, -0.05) is 67.5 Å². The van der Waals surface area contributed by atoms with Gasteiger partial charge in [-0.2, -0.15) is 0 Å². The van der Waals surface area contributed by atoms with Gasteiger partial charge in [0.25, 0.3) is 0 Å². The minimum Gasteiger partial charge on any atom is -0.469 e. The Morgan fingerprint density at radius 2 is 1.94 bits per heavy atom. The lowest BCUT2D eigenvalue weighted by Crippen LogP contribution is -2.32. The van der Waals surface area contributed by atoms with Crippen LogP contribution in [0.5, 0.6) is 0 Å². The molecule has 2 atom stereocenters. The summed E-state index contributed by atoms with van der Waals surface area (Å²) < 4.78 is 4.66. The van der Waals surface area contributed by atoms with Crippen molar-refractivity contribution in [1.82, 2.24) is 4.90 Å². The van der Waals surface area contributed by atoms with E-state index < -0.39 is 6.10 Å². The molecule has 5 nitrogen and oxygen atoms in total. The van der Waals surface area contributed by atoms with Gasteiger partial charge in [0.05, 0.1) is 19.3 Å². The molecule has 1 N–H and O–H groups in total. The summed E-state index contributed by atoms with van der Waals surface area (Å²) in [6, 6.07) is 16.3. The number of nitrogens with zero attached hydrogens (tertiary/aromatic N) is 1. The molecule has 3 rings (SSSR count). The smallest absolute Gasteiger partial charge is 0.305 e. The lowest BCUT2D eigenvalue weighted by atomic mass is 9.97. The fraction of sp³-hybridized carbons (Fsp3) is 0.429. The highest BCUT2D eigenvalue weighted by molar-refractivity contribution is 5.79. The van der Waals surface area contributed by atoms with Crippen molar-refractivity contribution in [3.05, 3.63) is 71.8 Å². The zero-order valence-corrected chi connectivity index (χ0v) is 19.7. The first-order chi connectivity index (χ1) is 16.0. The highest BCUT2D eigenvalue weighted by Gasteiger charge is 2.28. The Balaban J connectivity index is 1.54. The third-order valence-corrected chi connectivity index (χ3v) is 6.33. The van der Waals surface area contributed by atoms with Gasteiger partial charge in [0.1, 0.15) is 0 Å². The van der Waals surface area contributed by atoms with Crippen LogP contribution in [0.4, 0.5) is 0 Å². The largest absolute Gasteiger partial charge is 0.469 e. The van der Waals surface area contributed by atoms with Crippen molar-refractivity contribution in [2.24, 2.45) is 0 Å². The van der Waals surface area contributed by atoms with Gasteiger partial charge in [-0.3, -0.25) is 9.59 Å². The number of carbonyl (C=O) groups is 2. The number of hydrogen-bond acceptors (Lipinski definition) is 4. The molecule has 0 aromatic heterocycles. The van der Waals surface area contributed by atoms with Crippen molar-refractivity contribution >= 4 is 11.9 Å². The van der Waals surface area contributed by atoms with Gasteiger partial charge < -0.3 is 14.7 Å². The van der Waals surface area contributed by atoms with Gasteiger partial charge in [-0.15, -0.1) is 0 Å². The molecule has 1 saturated heterocycles. The van der Waals surface area contributed by atoms with Crippen LogP contribution < -0.4 is 0 Å². The van der Waals surface area contributed by atoms with E-state index in [1.807, 2.05) is 47.4 Å². The third kappa shape index (κ3) is 7.03. The van der Waals surface area contributed by atoms with Crippen molar-refractivity contribution in [2.45, 2.75) is 64.0 Å². The number of esters is 1. The maximum Gasteiger partial charge on any atom is 0.305 e. The van der Waals surface area contributed by atoms with Gasteiger partial charge in [-0.25, -0.2) is 0 Å². The molecule has 2 aromatic carbocycles. The van der Waals surface area contributed by atoms with Crippen molar-refractivity contribution in [2.75, 3.05) is 13.7 Å². The predicted octanol–water partition coefficient (Wildman–Crippen LogP) is 5.37. The quantitative estimate of drug-likeness (QED) is 0.285. The second-order valence-corrected chi connectivity index (χ2v) is 8.70. The van der Waals surface area contributed by atoms with Gasteiger partial charge in [-0.05, 0) is 54.5 Å². The number of aryl methyl sites for hydroxylation is 1. The Morgan fingerprint density at radius 1 is 1.15 bits per heavy atom. The molecule has 0 aliphatic carbocycles. The van der Waals surface area contributed by atoms with Gasteiger partial charge in [0.2, 0.25) is 5.91 Å². The first kappa shape index (κ1) is 24.7. The van der Waals surface area contributed by atoms with Crippen LogP contribution in [-0.2, 0) is 14.3 Å². The summed E-state index contributed by atoms with van der Waals surface area (Å²) >= 11 is 0. The standard InChI is InChI=1S/C28H35NO4/c1-21-10-6-7-13-25(21)22-11-9-12-23(20-22)26(30)17-15-24-16-18-27(31)29(24)19-8-4-3-5-14-28(32)33-2/h6-7,9-13,15,17,20,24,26,30H,3-5,8,14,16,18-19H2,1-2H3/t24-,26?/m0/s1. The number of rotatable bonds is 11. The topological polar surface area (TPSA) is 66.8 Å². The normalized spacial score (nSPS) is 17.0. The van der Waals surface area contributed by atoms with E-state index in [2.05, 4.69) is 29.9 Å². The van der Waals surface area contributed by atoms with Crippen LogP contribution in [0.3, 0.4) is 0 Å². The maximum absolute atomic E-state index is 12.3. The average Bonchev–Trinajstić information content (AvgIpc) is 3.19. The Hall–Kier alpha value is -2.92. The monoisotopic (exact) mass is 449 g/mol. The minimum absolute atomic E-state index is 0.0294. The zero-order chi connectivity index (χ0) is 23.6. The Kier molecular flexibility index (Phi) is 9.25. The molecular weight excluding hydrogens is 414 g/mol. The second kappa shape index (κ2) is 12.4. The fourth-order valence-corrected chi connectivity index (χ4v) is 4.39. The van der Waals surface area contributed by atoms with Crippen LogP contribution in [0.2, 0.25) is 0 Å². The summed E-state index contributed by atoms with van der Waals surface area (Å²) in [6.07, 6.45) is 8.52. The number of aliphatic hydroxyl groups excluding tert-OH is 1. The fourth-order valence-electron chi connectivity index (χ4n) is 4.39. The van der Waals surface area contributed by atoms with Crippen molar-refractivity contribution < 1.29 is 19.4 Å². The minimum atomic E-state index is -0.718. The van der Waals surface area contributed by atoms with Gasteiger partial charge in [0.15, 0.2) is 0 Å². The number of methoxy groups -OCH3 is 1. The average molecular weight is 450 g/mol. The van der Waals surface area contributed by atoms with Crippen LogP contribution >= 0.6 is 0 Å². The highest BCUT2D eigenvalue weighted by Crippen LogP contribution is 2.27. The lowest BCUT2D eigenvalue weighted by molar-refractivity contribution is -0.140. The van der Waals surface area contributed by atoms with Gasteiger partial charge >= 0.3 is 5.97 Å². The number of unbranched alkanes of at least 4 members (excludes halogenated alkanes) is 3.